The summed E-state index contributed by atoms with van der Waals surface area (Å²) in [4.78, 5) is 0. The topological polar surface area (TPSA) is 82.8 Å². The summed E-state index contributed by atoms with van der Waals surface area (Å²) in [7, 11) is 0. The normalized spacial score (nSPS) is 7.73. The summed E-state index contributed by atoms with van der Waals surface area (Å²) in [5, 5.41) is 0. The van der Waals surface area contributed by atoms with Gasteiger partial charge in [-0.2, -0.15) is 0 Å². The van der Waals surface area contributed by atoms with Gasteiger partial charge in [0, 0.05) is 0 Å². The third kappa shape index (κ3) is 22.5. The molecule has 0 radical (unpaired) electrons. The molecule has 0 spiro atoms. The van der Waals surface area contributed by atoms with Crippen LogP contribution in [-0.2, 0) is 33.7 Å². The summed E-state index contributed by atoms with van der Waals surface area (Å²) in [5.74, 6) is 6.43. The quantitative estimate of drug-likeness (QED) is 0.173. The van der Waals surface area contributed by atoms with Crippen molar-refractivity contribution in [3.8, 4) is 11.8 Å². The fourth-order valence-corrected chi connectivity index (χ4v) is 3.02. The fraction of sp³-hybridized carbons (Fsp3) is 0.368. The first-order valence-electron chi connectivity index (χ1n) is 7.17. The second kappa shape index (κ2) is 31.3. The standard InChI is InChI=1S/C15H20NP.4CO.Fe/c1-14(2)16(17)13-9-4-3-6-10-15-11-7-5-8-12-15;4*1-2;/h5,7-8,11-12,14H,3-4,9,13H2,1-2H3;;;;;. The molecular weight excluding hydrogens is 393 g/mol. The maximum absolute atomic E-state index is 7.50. The number of hydrogen-bond donors (Lipinski definition) is 0. The van der Waals surface area contributed by atoms with E-state index in [0.29, 0.717) is 6.04 Å². The molecule has 138 valence electrons. The van der Waals surface area contributed by atoms with Crippen molar-refractivity contribution in [1.29, 1.82) is 0 Å². The zero-order valence-corrected chi connectivity index (χ0v) is 16.7. The number of unbranched alkanes of at least 4 members (excludes halogenated alkanes) is 2. The molecule has 0 fully saturated rings. The summed E-state index contributed by atoms with van der Waals surface area (Å²) >= 11 is 3.93. The monoisotopic (exact) mass is 413 g/mol. The van der Waals surface area contributed by atoms with Crippen LogP contribution in [0.4, 0.5) is 0 Å². The van der Waals surface area contributed by atoms with E-state index in [4.69, 9.17) is 18.6 Å². The van der Waals surface area contributed by atoms with Gasteiger partial charge in [0.05, 0.1) is 0 Å². The van der Waals surface area contributed by atoms with Gasteiger partial charge in [-0.3, -0.25) is 0 Å². The first-order chi connectivity index (χ1) is 12.7. The van der Waals surface area contributed by atoms with E-state index in [-0.39, 0.29) is 0 Å². The van der Waals surface area contributed by atoms with Crippen molar-refractivity contribution in [2.75, 3.05) is 6.54 Å². The molecule has 0 amide bonds. The van der Waals surface area contributed by atoms with Crippen LogP contribution in [-0.4, -0.2) is 17.3 Å². The first-order valence-corrected chi connectivity index (χ1v) is 9.37. The molecule has 7 heteroatoms. The minimum absolute atomic E-state index is 0.583. The van der Waals surface area contributed by atoms with Crippen LogP contribution in [0.1, 0.15) is 38.7 Å². The molecule has 0 aliphatic rings. The van der Waals surface area contributed by atoms with Crippen LogP contribution in [0.25, 0.3) is 0 Å². The van der Waals surface area contributed by atoms with Crippen molar-refractivity contribution in [1.82, 2.24) is 4.67 Å². The van der Waals surface area contributed by atoms with Crippen molar-refractivity contribution >= 4 is 6.98 Å². The van der Waals surface area contributed by atoms with E-state index in [1.807, 2.05) is 18.2 Å². The van der Waals surface area contributed by atoms with E-state index >= 15 is 0 Å². The predicted octanol–water partition coefficient (Wildman–Crippen LogP) is 4.09. The van der Waals surface area contributed by atoms with Gasteiger partial charge < -0.3 is 0 Å². The van der Waals surface area contributed by atoms with Crippen LogP contribution in [0, 0.1) is 38.4 Å². The number of benzene rings is 1. The van der Waals surface area contributed by atoms with Crippen LogP contribution in [0.2, 0.25) is 0 Å². The molecule has 0 aliphatic carbocycles. The van der Waals surface area contributed by atoms with Gasteiger partial charge in [0.15, 0.2) is 0 Å². The van der Waals surface area contributed by atoms with Crippen LogP contribution in [0.15, 0.2) is 30.3 Å². The predicted molar refractivity (Wildman–Crippen MR) is 91.7 cm³/mol. The molecule has 0 aliphatic heterocycles. The first kappa shape index (κ1) is 32.2. The average Bonchev–Trinajstić information content (AvgIpc) is 2.74. The summed E-state index contributed by atoms with van der Waals surface area (Å²) in [6, 6.07) is 10.8. The molecule has 1 rings (SSSR count). The molecule has 0 heterocycles. The van der Waals surface area contributed by atoms with E-state index in [1.54, 1.807) is 0 Å². The molecule has 0 N–H and O–H groups in total. The van der Waals surface area contributed by atoms with Crippen LogP contribution in [0.3, 0.4) is 0 Å². The van der Waals surface area contributed by atoms with Crippen molar-refractivity contribution in [3.63, 3.8) is 0 Å². The van der Waals surface area contributed by atoms with Crippen molar-refractivity contribution < 1.29 is 33.7 Å². The van der Waals surface area contributed by atoms with E-state index in [2.05, 4.69) is 84.2 Å². The Morgan fingerprint density at radius 2 is 1.46 bits per heavy atom. The van der Waals surface area contributed by atoms with Crippen LogP contribution < -0.4 is 0 Å². The Kier molecular flexibility index (Phi) is 38.8. The summed E-state index contributed by atoms with van der Waals surface area (Å²) in [5.41, 5.74) is 1.11. The van der Waals surface area contributed by atoms with Gasteiger partial charge in [0.25, 0.3) is 0 Å². The van der Waals surface area contributed by atoms with Gasteiger partial charge in [-0.05, 0) is 0 Å². The number of nitrogens with zero attached hydrogens (tertiary/aromatic N) is 1. The summed E-state index contributed by atoms with van der Waals surface area (Å²) in [6.45, 7) is 24.7. The third-order valence-corrected chi connectivity index (χ3v) is 4.33. The molecule has 0 atom stereocenters. The zero-order valence-electron chi connectivity index (χ0n) is 14.7. The Hall–Kier alpha value is -1.48. The molecule has 0 unspecified atom stereocenters. The maximum atomic E-state index is 7.50. The number of hydrogen-bond acceptors (Lipinski definition) is 1. The average molecular weight is 413 g/mol. The molecule has 5 nitrogen and oxygen atoms in total. The van der Waals surface area contributed by atoms with E-state index < -0.39 is 0 Å². The molecule has 0 saturated heterocycles. The third-order valence-electron chi connectivity index (χ3n) is 2.63. The molecule has 0 saturated carbocycles. The van der Waals surface area contributed by atoms with Gasteiger partial charge in [-0.15, -0.1) is 0 Å². The molecule has 0 bridgehead atoms. The van der Waals surface area contributed by atoms with Gasteiger partial charge >= 0.3 is 165 Å². The molecule has 1 aromatic carbocycles. The fourth-order valence-electron chi connectivity index (χ4n) is 1.55. The van der Waals surface area contributed by atoms with Crippen LogP contribution in [0.5, 0.6) is 0 Å². The zero-order chi connectivity index (χ0) is 21.2. The Balaban J connectivity index is -0.000000266. The molecule has 0 aromatic heterocycles. The Morgan fingerprint density at radius 1 is 0.962 bits per heavy atom. The van der Waals surface area contributed by atoms with Crippen molar-refractivity contribution in [2.45, 2.75) is 39.2 Å². The summed E-state index contributed by atoms with van der Waals surface area (Å²) < 4.78 is 32.4. The Bertz CT molecular complexity index is 547. The van der Waals surface area contributed by atoms with Crippen molar-refractivity contribution in [2.24, 2.45) is 0 Å². The molecular formula is C19H20FeNO4P. The Morgan fingerprint density at radius 3 is 1.88 bits per heavy atom. The van der Waals surface area contributed by atoms with Gasteiger partial charge in [-0.25, -0.2) is 0 Å². The molecule has 26 heavy (non-hydrogen) atoms. The van der Waals surface area contributed by atoms with E-state index in [9.17, 15) is 0 Å². The van der Waals surface area contributed by atoms with Gasteiger partial charge in [-0.1, -0.05) is 0 Å². The summed E-state index contributed by atoms with van der Waals surface area (Å²) in [6.07, 6.45) is 3.34. The van der Waals surface area contributed by atoms with E-state index in [0.717, 1.165) is 25.5 Å². The van der Waals surface area contributed by atoms with E-state index in [1.165, 1.54) is 12.8 Å². The van der Waals surface area contributed by atoms with Gasteiger partial charge in [0.1, 0.15) is 0 Å². The van der Waals surface area contributed by atoms with Crippen molar-refractivity contribution in [3.05, 3.63) is 62.5 Å². The Labute approximate surface area is 165 Å². The molecule has 1 aromatic rings. The number of rotatable bonds is 6. The minimum atomic E-state index is 0.583. The van der Waals surface area contributed by atoms with Gasteiger partial charge in [0.2, 0.25) is 0 Å². The second-order valence-corrected chi connectivity index (χ2v) is 5.77. The van der Waals surface area contributed by atoms with Crippen LogP contribution >= 0.6 is 6.98 Å². The second-order valence-electron chi connectivity index (χ2n) is 4.45. The SMILES string of the molecule is CC(C)N(CCCCC#Cc1ccccc1)[P]=[Fe].[C-]#[O+].[C-]#[O+].[C-]#[O+].[C-]#[O+].